The van der Waals surface area contributed by atoms with Gasteiger partial charge in [0, 0.05) is 12.8 Å². The molecule has 0 aliphatic heterocycles. The molecule has 96 valence electrons. The average Bonchev–Trinajstić information content (AvgIpc) is 2.31. The van der Waals surface area contributed by atoms with Crippen LogP contribution in [0.3, 0.4) is 0 Å². The summed E-state index contributed by atoms with van der Waals surface area (Å²) in [4.78, 5) is 22.3. The van der Waals surface area contributed by atoms with Crippen molar-refractivity contribution in [3.8, 4) is 5.75 Å². The molecule has 3 N–H and O–H groups in total. The number of aliphatic carboxylic acids is 1. The Hall–Kier alpha value is -2.30. The standard InChI is InChI=1S/C13H15NO4/c1-2-3-12(16)14-11(13(17)18)8-9-4-6-10(15)7-5-9/h2,4-7,11,15H,1,3,8H2,(H,14,16)(H,17,18)/t11-/m0/s1. The van der Waals surface area contributed by atoms with Crippen LogP contribution in [0.25, 0.3) is 0 Å². The lowest BCUT2D eigenvalue weighted by atomic mass is 10.1. The summed E-state index contributed by atoms with van der Waals surface area (Å²) in [6.07, 6.45) is 1.66. The van der Waals surface area contributed by atoms with Gasteiger partial charge in [-0.2, -0.15) is 0 Å². The van der Waals surface area contributed by atoms with Crippen molar-refractivity contribution in [1.29, 1.82) is 0 Å². The largest absolute Gasteiger partial charge is 0.508 e. The Kier molecular flexibility index (Phi) is 4.92. The lowest BCUT2D eigenvalue weighted by Crippen LogP contribution is -2.42. The molecule has 0 fully saturated rings. The van der Waals surface area contributed by atoms with Gasteiger partial charge < -0.3 is 15.5 Å². The second kappa shape index (κ2) is 6.44. The van der Waals surface area contributed by atoms with Gasteiger partial charge in [0.15, 0.2) is 0 Å². The van der Waals surface area contributed by atoms with E-state index < -0.39 is 12.0 Å². The van der Waals surface area contributed by atoms with E-state index in [-0.39, 0.29) is 24.5 Å². The number of carbonyl (C=O) groups is 2. The quantitative estimate of drug-likeness (QED) is 0.658. The van der Waals surface area contributed by atoms with Crippen molar-refractivity contribution >= 4 is 11.9 Å². The van der Waals surface area contributed by atoms with Gasteiger partial charge in [0.25, 0.3) is 0 Å². The summed E-state index contributed by atoms with van der Waals surface area (Å²) in [6, 6.07) is 5.19. The van der Waals surface area contributed by atoms with Crippen molar-refractivity contribution in [3.63, 3.8) is 0 Å². The van der Waals surface area contributed by atoms with Crippen LogP contribution in [0.15, 0.2) is 36.9 Å². The Morgan fingerprint density at radius 2 is 1.94 bits per heavy atom. The molecule has 1 atom stereocenters. The molecule has 18 heavy (non-hydrogen) atoms. The minimum Gasteiger partial charge on any atom is -0.508 e. The van der Waals surface area contributed by atoms with Gasteiger partial charge in [0.2, 0.25) is 5.91 Å². The third-order valence-corrected chi connectivity index (χ3v) is 2.34. The van der Waals surface area contributed by atoms with Crippen LogP contribution in [0.4, 0.5) is 0 Å². The monoisotopic (exact) mass is 249 g/mol. The van der Waals surface area contributed by atoms with Gasteiger partial charge in [-0.3, -0.25) is 4.79 Å². The van der Waals surface area contributed by atoms with Gasteiger partial charge in [-0.1, -0.05) is 18.2 Å². The molecule has 1 amide bonds. The lowest BCUT2D eigenvalue weighted by Gasteiger charge is -2.14. The first-order valence-corrected chi connectivity index (χ1v) is 5.44. The highest BCUT2D eigenvalue weighted by atomic mass is 16.4. The van der Waals surface area contributed by atoms with Crippen LogP contribution in [0.5, 0.6) is 5.75 Å². The molecule has 0 aromatic heterocycles. The van der Waals surface area contributed by atoms with Crippen molar-refractivity contribution < 1.29 is 19.8 Å². The number of phenols is 1. The SMILES string of the molecule is C=CCC(=O)N[C@@H](Cc1ccc(O)cc1)C(=O)O. The van der Waals surface area contributed by atoms with Gasteiger partial charge in [0.05, 0.1) is 0 Å². The van der Waals surface area contributed by atoms with E-state index in [2.05, 4.69) is 11.9 Å². The molecule has 0 aliphatic rings. The summed E-state index contributed by atoms with van der Waals surface area (Å²) in [6.45, 7) is 3.41. The zero-order valence-electron chi connectivity index (χ0n) is 9.80. The molecular weight excluding hydrogens is 234 g/mol. The number of aromatic hydroxyl groups is 1. The molecule has 1 rings (SSSR count). The summed E-state index contributed by atoms with van der Waals surface area (Å²) >= 11 is 0. The molecule has 1 aromatic carbocycles. The predicted molar refractivity (Wildman–Crippen MR) is 66.2 cm³/mol. The van der Waals surface area contributed by atoms with Gasteiger partial charge >= 0.3 is 5.97 Å². The number of rotatable bonds is 6. The molecule has 0 heterocycles. The van der Waals surface area contributed by atoms with Gasteiger partial charge in [0.1, 0.15) is 11.8 Å². The predicted octanol–water partition coefficient (Wildman–Crippen LogP) is 1.08. The molecule has 0 aliphatic carbocycles. The fourth-order valence-electron chi connectivity index (χ4n) is 1.45. The number of carboxylic acid groups (broad SMARTS) is 1. The van der Waals surface area contributed by atoms with Gasteiger partial charge in [-0.05, 0) is 17.7 Å². The molecule has 0 unspecified atom stereocenters. The Morgan fingerprint density at radius 1 is 1.33 bits per heavy atom. The maximum Gasteiger partial charge on any atom is 0.326 e. The highest BCUT2D eigenvalue weighted by Gasteiger charge is 2.19. The molecule has 0 spiro atoms. The number of carbonyl (C=O) groups excluding carboxylic acids is 1. The first kappa shape index (κ1) is 13.8. The third-order valence-electron chi connectivity index (χ3n) is 2.34. The normalized spacial score (nSPS) is 11.6. The molecule has 5 nitrogen and oxygen atoms in total. The Morgan fingerprint density at radius 3 is 2.44 bits per heavy atom. The van der Waals surface area contributed by atoms with Crippen LogP contribution >= 0.6 is 0 Å². The molecular formula is C13H15NO4. The number of hydrogen-bond acceptors (Lipinski definition) is 3. The molecule has 0 bridgehead atoms. The summed E-state index contributed by atoms with van der Waals surface area (Å²) in [7, 11) is 0. The second-order valence-corrected chi connectivity index (χ2v) is 3.82. The fraction of sp³-hybridized carbons (Fsp3) is 0.231. The van der Waals surface area contributed by atoms with E-state index in [4.69, 9.17) is 10.2 Å². The van der Waals surface area contributed by atoms with Crippen LogP contribution < -0.4 is 5.32 Å². The van der Waals surface area contributed by atoms with Crippen LogP contribution in [0.1, 0.15) is 12.0 Å². The molecule has 0 saturated heterocycles. The Bertz CT molecular complexity index is 439. The number of amides is 1. The maximum absolute atomic E-state index is 11.3. The fourth-order valence-corrected chi connectivity index (χ4v) is 1.45. The van der Waals surface area contributed by atoms with Crippen molar-refractivity contribution in [2.75, 3.05) is 0 Å². The average molecular weight is 249 g/mol. The summed E-state index contributed by atoms with van der Waals surface area (Å²) in [5.41, 5.74) is 0.721. The van der Waals surface area contributed by atoms with E-state index in [1.165, 1.54) is 18.2 Å². The van der Waals surface area contributed by atoms with Crippen molar-refractivity contribution in [2.45, 2.75) is 18.9 Å². The minimum atomic E-state index is -1.10. The van der Waals surface area contributed by atoms with E-state index in [9.17, 15) is 9.59 Å². The first-order chi connectivity index (χ1) is 8.52. The minimum absolute atomic E-state index is 0.0827. The van der Waals surface area contributed by atoms with E-state index in [1.807, 2.05) is 0 Å². The number of phenolic OH excluding ortho intramolecular Hbond substituents is 1. The van der Waals surface area contributed by atoms with E-state index in [1.54, 1.807) is 12.1 Å². The van der Waals surface area contributed by atoms with Gasteiger partial charge in [-0.15, -0.1) is 6.58 Å². The van der Waals surface area contributed by atoms with Gasteiger partial charge in [-0.25, -0.2) is 4.79 Å². The highest BCUT2D eigenvalue weighted by molar-refractivity contribution is 5.84. The second-order valence-electron chi connectivity index (χ2n) is 3.82. The summed E-state index contributed by atoms with van der Waals surface area (Å²) in [5, 5.41) is 20.5. The summed E-state index contributed by atoms with van der Waals surface area (Å²) in [5.74, 6) is -1.36. The molecule has 5 heteroatoms. The van der Waals surface area contributed by atoms with E-state index in [0.717, 1.165) is 5.56 Å². The van der Waals surface area contributed by atoms with Crippen LogP contribution in [-0.2, 0) is 16.0 Å². The van der Waals surface area contributed by atoms with Crippen molar-refractivity contribution in [3.05, 3.63) is 42.5 Å². The Labute approximate surface area is 105 Å². The zero-order chi connectivity index (χ0) is 13.5. The summed E-state index contributed by atoms with van der Waals surface area (Å²) < 4.78 is 0. The van der Waals surface area contributed by atoms with Crippen LogP contribution in [-0.4, -0.2) is 28.1 Å². The maximum atomic E-state index is 11.3. The van der Waals surface area contributed by atoms with E-state index in [0.29, 0.717) is 0 Å². The van der Waals surface area contributed by atoms with Crippen molar-refractivity contribution in [1.82, 2.24) is 5.32 Å². The zero-order valence-corrected chi connectivity index (χ0v) is 9.80. The number of carboxylic acids is 1. The smallest absolute Gasteiger partial charge is 0.326 e. The first-order valence-electron chi connectivity index (χ1n) is 5.44. The molecule has 0 saturated carbocycles. The van der Waals surface area contributed by atoms with Crippen LogP contribution in [0.2, 0.25) is 0 Å². The van der Waals surface area contributed by atoms with Crippen molar-refractivity contribution in [2.24, 2.45) is 0 Å². The number of benzene rings is 1. The van der Waals surface area contributed by atoms with E-state index >= 15 is 0 Å². The number of nitrogens with one attached hydrogen (secondary N) is 1. The highest BCUT2D eigenvalue weighted by Crippen LogP contribution is 2.11. The number of hydrogen-bond donors (Lipinski definition) is 3. The molecule has 0 radical (unpaired) electrons. The lowest BCUT2D eigenvalue weighted by molar-refractivity contribution is -0.141. The topological polar surface area (TPSA) is 86.6 Å². The molecule has 1 aromatic rings. The van der Waals surface area contributed by atoms with Crippen LogP contribution in [0, 0.1) is 0 Å². The Balaban J connectivity index is 2.68. The third kappa shape index (κ3) is 4.29.